The molecule has 64 heavy (non-hydrogen) atoms. The van der Waals surface area contributed by atoms with Gasteiger partial charge in [-0.15, -0.1) is 0 Å². The minimum atomic E-state index is 0.876. The van der Waals surface area contributed by atoms with E-state index in [1.807, 2.05) is 0 Å². The smallest absolute Gasteiger partial charge is 0.0978 e. The van der Waals surface area contributed by atoms with Crippen LogP contribution in [0, 0.1) is 0 Å². The Morgan fingerprint density at radius 3 is 0.906 bits per heavy atom. The molecule has 0 N–H and O–H groups in total. The topological polar surface area (TPSA) is 35.6 Å². The van der Waals surface area contributed by atoms with Crippen LogP contribution in [0.3, 0.4) is 0 Å². The fourth-order valence-corrected chi connectivity index (χ4v) is 9.95. The zero-order valence-corrected chi connectivity index (χ0v) is 34.7. The third-order valence-electron chi connectivity index (χ3n) is 12.9. The Morgan fingerprint density at radius 2 is 0.562 bits per heavy atom. The predicted octanol–water partition coefficient (Wildman–Crippen LogP) is 15.6. The Hall–Kier alpha value is -8.60. The summed E-state index contributed by atoms with van der Waals surface area (Å²) in [6.45, 7) is 0. The Balaban J connectivity index is 1.00. The third-order valence-corrected chi connectivity index (χ3v) is 12.9. The number of aromatic nitrogens is 4. The number of nitrogens with zero attached hydrogens (tertiary/aromatic N) is 4. The molecule has 4 aromatic heterocycles. The van der Waals surface area contributed by atoms with Gasteiger partial charge in [-0.1, -0.05) is 170 Å². The average Bonchev–Trinajstić information content (AvgIpc) is 3.89. The van der Waals surface area contributed by atoms with Crippen molar-refractivity contribution in [2.45, 2.75) is 0 Å². The first-order valence-electron chi connectivity index (χ1n) is 21.8. The highest BCUT2D eigenvalue weighted by Gasteiger charge is 2.19. The molecule has 0 aliphatic rings. The first-order chi connectivity index (χ1) is 31.7. The normalized spacial score (nSPS) is 11.8. The molecule has 0 radical (unpaired) electrons. The fraction of sp³-hybridized carbons (Fsp3) is 0. The molecule has 9 aromatic carbocycles. The van der Waals surface area contributed by atoms with Crippen molar-refractivity contribution in [3.63, 3.8) is 0 Å². The van der Waals surface area contributed by atoms with Crippen LogP contribution in [0.1, 0.15) is 0 Å². The van der Waals surface area contributed by atoms with Gasteiger partial charge in [-0.25, -0.2) is 9.97 Å². The molecule has 4 heteroatoms. The van der Waals surface area contributed by atoms with E-state index in [1.54, 1.807) is 0 Å². The van der Waals surface area contributed by atoms with E-state index in [2.05, 4.69) is 240 Å². The quantitative estimate of drug-likeness (QED) is 0.157. The van der Waals surface area contributed by atoms with Crippen LogP contribution in [-0.4, -0.2) is 19.1 Å². The van der Waals surface area contributed by atoms with Gasteiger partial charge < -0.3 is 9.13 Å². The maximum Gasteiger partial charge on any atom is 0.0978 e. The van der Waals surface area contributed by atoms with Crippen LogP contribution in [-0.2, 0) is 0 Å². The lowest BCUT2D eigenvalue weighted by Gasteiger charge is -2.16. The maximum atomic E-state index is 5.55. The number of fused-ring (bicyclic) bond motifs is 9. The van der Waals surface area contributed by atoms with Crippen LogP contribution in [0.15, 0.2) is 231 Å². The van der Waals surface area contributed by atoms with Crippen molar-refractivity contribution in [2.24, 2.45) is 0 Å². The van der Waals surface area contributed by atoms with Crippen LogP contribution < -0.4 is 0 Å². The van der Waals surface area contributed by atoms with Gasteiger partial charge in [0.2, 0.25) is 0 Å². The summed E-state index contributed by atoms with van der Waals surface area (Å²) in [6.07, 6.45) is 0. The minimum Gasteiger partial charge on any atom is -0.309 e. The zero-order chi connectivity index (χ0) is 42.1. The van der Waals surface area contributed by atoms with Crippen molar-refractivity contribution in [3.8, 4) is 56.1 Å². The number of pyridine rings is 2. The number of hydrogen-bond donors (Lipinski definition) is 0. The van der Waals surface area contributed by atoms with Crippen molar-refractivity contribution in [2.75, 3.05) is 0 Å². The zero-order valence-electron chi connectivity index (χ0n) is 34.7. The van der Waals surface area contributed by atoms with Gasteiger partial charge in [0.15, 0.2) is 0 Å². The summed E-state index contributed by atoms with van der Waals surface area (Å²) in [5.74, 6) is 0. The van der Waals surface area contributed by atoms with Crippen molar-refractivity contribution in [1.29, 1.82) is 0 Å². The Labute approximate surface area is 369 Å². The largest absolute Gasteiger partial charge is 0.309 e. The van der Waals surface area contributed by atoms with E-state index in [1.165, 1.54) is 43.6 Å². The van der Waals surface area contributed by atoms with E-state index in [0.29, 0.717) is 0 Å². The summed E-state index contributed by atoms with van der Waals surface area (Å²) in [5.41, 5.74) is 17.1. The van der Waals surface area contributed by atoms with Crippen LogP contribution >= 0.6 is 0 Å². The van der Waals surface area contributed by atoms with Crippen LogP contribution in [0.25, 0.3) is 122 Å². The molecular formula is C60H38N4. The number of rotatable bonds is 6. The second-order valence-electron chi connectivity index (χ2n) is 16.5. The SMILES string of the molecule is c1ccc(-c2cc(-c3ccc(-n4c5ccccc5c5ccccc54)cc3)nc3c2ccc2c(-c4ccccc4)cc(-c4ccc(-n5c6ccccc6c6ccccc65)cc4)nc23)cc1. The highest BCUT2D eigenvalue weighted by Crippen LogP contribution is 2.41. The minimum absolute atomic E-state index is 0.876. The summed E-state index contributed by atoms with van der Waals surface area (Å²) in [5, 5.41) is 7.12. The lowest BCUT2D eigenvalue weighted by molar-refractivity contribution is 1.18. The van der Waals surface area contributed by atoms with Gasteiger partial charge in [-0.2, -0.15) is 0 Å². The van der Waals surface area contributed by atoms with Gasteiger partial charge >= 0.3 is 0 Å². The van der Waals surface area contributed by atoms with Gasteiger partial charge in [0.25, 0.3) is 0 Å². The third kappa shape index (κ3) is 5.70. The summed E-state index contributed by atoms with van der Waals surface area (Å²) in [6, 6.07) is 82.6. The molecule has 0 saturated carbocycles. The molecule has 298 valence electrons. The van der Waals surface area contributed by atoms with Crippen molar-refractivity contribution in [1.82, 2.24) is 19.1 Å². The Bertz CT molecular complexity index is 3550. The summed E-state index contributed by atoms with van der Waals surface area (Å²) in [7, 11) is 0. The molecule has 4 heterocycles. The van der Waals surface area contributed by atoms with Crippen LogP contribution in [0.2, 0.25) is 0 Å². The molecule has 0 amide bonds. The van der Waals surface area contributed by atoms with Gasteiger partial charge in [0.05, 0.1) is 44.5 Å². The van der Waals surface area contributed by atoms with Crippen molar-refractivity contribution in [3.05, 3.63) is 231 Å². The fourth-order valence-electron chi connectivity index (χ4n) is 9.95. The molecule has 13 aromatic rings. The van der Waals surface area contributed by atoms with E-state index in [-0.39, 0.29) is 0 Å². The summed E-state index contributed by atoms with van der Waals surface area (Å²) < 4.78 is 4.72. The van der Waals surface area contributed by atoms with E-state index >= 15 is 0 Å². The van der Waals surface area contributed by atoms with E-state index in [0.717, 1.165) is 77.9 Å². The summed E-state index contributed by atoms with van der Waals surface area (Å²) >= 11 is 0. The second-order valence-corrected chi connectivity index (χ2v) is 16.5. The molecule has 0 saturated heterocycles. The highest BCUT2D eigenvalue weighted by atomic mass is 15.0. The number of para-hydroxylation sites is 4. The maximum absolute atomic E-state index is 5.55. The Morgan fingerprint density at radius 1 is 0.250 bits per heavy atom. The lowest BCUT2D eigenvalue weighted by Crippen LogP contribution is -1.97. The lowest BCUT2D eigenvalue weighted by atomic mass is 9.94. The van der Waals surface area contributed by atoms with Crippen molar-refractivity contribution < 1.29 is 0 Å². The molecule has 0 unspecified atom stereocenters. The predicted molar refractivity (Wildman–Crippen MR) is 267 cm³/mol. The van der Waals surface area contributed by atoms with Crippen molar-refractivity contribution >= 4 is 65.4 Å². The molecular weight excluding hydrogens is 777 g/mol. The van der Waals surface area contributed by atoms with E-state index < -0.39 is 0 Å². The molecule has 4 nitrogen and oxygen atoms in total. The van der Waals surface area contributed by atoms with Gasteiger partial charge in [-0.3, -0.25) is 0 Å². The summed E-state index contributed by atoms with van der Waals surface area (Å²) in [4.78, 5) is 11.1. The molecule has 0 aliphatic carbocycles. The highest BCUT2D eigenvalue weighted by molar-refractivity contribution is 6.14. The first kappa shape index (κ1) is 36.1. The van der Waals surface area contributed by atoms with Gasteiger partial charge in [0, 0.05) is 54.8 Å². The first-order valence-corrected chi connectivity index (χ1v) is 21.8. The molecule has 13 rings (SSSR count). The second kappa shape index (κ2) is 14.5. The molecule has 0 atom stereocenters. The molecule has 0 aliphatic heterocycles. The van der Waals surface area contributed by atoms with E-state index in [4.69, 9.17) is 9.97 Å². The standard InChI is InChI=1S/C60H38N4/c1-3-15-39(16-4-1)51-37-53(41-27-31-43(32-28-41)63-55-23-11-7-19-45(55)46-20-8-12-24-56(46)63)61-59-49(51)35-36-50-52(40-17-5-2-6-18-40)38-54(62-60(50)59)42-29-33-44(34-30-42)64-57-25-13-9-21-47(57)48-22-10-14-26-58(48)64/h1-38H. The number of hydrogen-bond acceptors (Lipinski definition) is 2. The van der Waals surface area contributed by atoms with Gasteiger partial charge in [-0.05, 0) is 82.9 Å². The Kier molecular flexibility index (Phi) is 8.18. The van der Waals surface area contributed by atoms with E-state index in [9.17, 15) is 0 Å². The molecule has 0 bridgehead atoms. The number of benzene rings is 9. The van der Waals surface area contributed by atoms with Gasteiger partial charge in [0.1, 0.15) is 0 Å². The average molecular weight is 815 g/mol. The molecule has 0 fully saturated rings. The monoisotopic (exact) mass is 814 g/mol. The molecule has 0 spiro atoms. The van der Waals surface area contributed by atoms with Crippen LogP contribution in [0.5, 0.6) is 0 Å². The van der Waals surface area contributed by atoms with Crippen LogP contribution in [0.4, 0.5) is 0 Å².